The molecular formula is C24H40N8O5. The summed E-state index contributed by atoms with van der Waals surface area (Å²) in [5.41, 5.74) is 23.0. The van der Waals surface area contributed by atoms with Crippen molar-refractivity contribution in [1.29, 1.82) is 0 Å². The standard InChI is InChI=1S/C24H40N8O5/c1-15(20(33)32-19(23(36)37)10-5-6-12-25)30-22(35)18(11-7-13-29-24(27)28)31-21(34)17(26)14-16-8-3-2-4-9-16/h2-4,8-9,15,17-19H,5-7,10-14,25-26H2,1H3,(H,30,35)(H,31,34)(H,32,33)(H,36,37)(H4,27,28,29). The van der Waals surface area contributed by atoms with E-state index in [4.69, 9.17) is 22.9 Å². The molecule has 1 aromatic carbocycles. The lowest BCUT2D eigenvalue weighted by molar-refractivity contribution is -0.142. The lowest BCUT2D eigenvalue weighted by Crippen LogP contribution is -2.56. The molecule has 13 nitrogen and oxygen atoms in total. The number of hydrogen-bond acceptors (Lipinski definition) is 7. The number of guanidine groups is 1. The Hall–Kier alpha value is -3.71. The molecule has 0 aliphatic carbocycles. The van der Waals surface area contributed by atoms with Gasteiger partial charge in [-0.2, -0.15) is 0 Å². The summed E-state index contributed by atoms with van der Waals surface area (Å²) in [5, 5.41) is 17.0. The van der Waals surface area contributed by atoms with E-state index >= 15 is 0 Å². The predicted octanol–water partition coefficient (Wildman–Crippen LogP) is -1.70. The Morgan fingerprint density at radius 3 is 2.11 bits per heavy atom. The number of benzene rings is 1. The predicted molar refractivity (Wildman–Crippen MR) is 140 cm³/mol. The van der Waals surface area contributed by atoms with Gasteiger partial charge in [-0.3, -0.25) is 19.4 Å². The van der Waals surface area contributed by atoms with E-state index in [9.17, 15) is 24.3 Å². The number of nitrogens with one attached hydrogen (secondary N) is 3. The highest BCUT2D eigenvalue weighted by atomic mass is 16.4. The van der Waals surface area contributed by atoms with Crippen molar-refractivity contribution in [3.05, 3.63) is 35.9 Å². The third-order valence-corrected chi connectivity index (χ3v) is 5.53. The second-order valence-corrected chi connectivity index (χ2v) is 8.72. The third-order valence-electron chi connectivity index (χ3n) is 5.53. The summed E-state index contributed by atoms with van der Waals surface area (Å²) >= 11 is 0. The Morgan fingerprint density at radius 1 is 0.892 bits per heavy atom. The van der Waals surface area contributed by atoms with E-state index in [1.54, 1.807) is 0 Å². The number of carboxylic acid groups (broad SMARTS) is 1. The van der Waals surface area contributed by atoms with Gasteiger partial charge in [0.25, 0.3) is 0 Å². The van der Waals surface area contributed by atoms with Gasteiger partial charge in [0.1, 0.15) is 18.1 Å². The number of rotatable bonds is 17. The van der Waals surface area contributed by atoms with Crippen LogP contribution in [0.3, 0.4) is 0 Å². The molecule has 4 unspecified atom stereocenters. The maximum absolute atomic E-state index is 13.0. The number of nitrogens with two attached hydrogens (primary N) is 4. The molecule has 37 heavy (non-hydrogen) atoms. The van der Waals surface area contributed by atoms with Crippen LogP contribution in [0.5, 0.6) is 0 Å². The van der Waals surface area contributed by atoms with Crippen molar-refractivity contribution in [2.45, 2.75) is 69.6 Å². The van der Waals surface area contributed by atoms with Gasteiger partial charge in [-0.25, -0.2) is 4.79 Å². The zero-order chi connectivity index (χ0) is 27.8. The first kappa shape index (κ1) is 31.3. The van der Waals surface area contributed by atoms with Crippen molar-refractivity contribution in [3.8, 4) is 0 Å². The molecule has 1 rings (SSSR count). The van der Waals surface area contributed by atoms with Crippen LogP contribution in [-0.4, -0.2) is 72.0 Å². The van der Waals surface area contributed by atoms with E-state index in [1.165, 1.54) is 6.92 Å². The maximum atomic E-state index is 13.0. The molecule has 0 spiro atoms. The highest BCUT2D eigenvalue weighted by Gasteiger charge is 2.28. The van der Waals surface area contributed by atoms with Gasteiger partial charge < -0.3 is 44.0 Å². The number of aliphatic carboxylic acids is 1. The van der Waals surface area contributed by atoms with Crippen LogP contribution < -0.4 is 38.9 Å². The molecule has 13 heteroatoms. The summed E-state index contributed by atoms with van der Waals surface area (Å²) in [6.45, 7) is 2.07. The molecule has 0 fully saturated rings. The Morgan fingerprint density at radius 2 is 1.51 bits per heavy atom. The molecule has 1 aromatic rings. The van der Waals surface area contributed by atoms with Gasteiger partial charge in [0.2, 0.25) is 17.7 Å². The fourth-order valence-corrected chi connectivity index (χ4v) is 3.44. The summed E-state index contributed by atoms with van der Waals surface area (Å²) in [6.07, 6.45) is 2.18. The van der Waals surface area contributed by atoms with Gasteiger partial charge in [-0.15, -0.1) is 0 Å². The van der Waals surface area contributed by atoms with E-state index in [2.05, 4.69) is 20.9 Å². The fourth-order valence-electron chi connectivity index (χ4n) is 3.44. The van der Waals surface area contributed by atoms with Gasteiger partial charge in [0, 0.05) is 6.54 Å². The number of carboxylic acids is 1. The molecular weight excluding hydrogens is 480 g/mol. The number of aliphatic imine (C=N–C) groups is 1. The molecule has 0 saturated carbocycles. The van der Waals surface area contributed by atoms with E-state index in [0.29, 0.717) is 25.8 Å². The lowest BCUT2D eigenvalue weighted by atomic mass is 10.0. The Kier molecular flexibility index (Phi) is 14.3. The Bertz CT molecular complexity index is 908. The Balaban J connectivity index is 2.80. The summed E-state index contributed by atoms with van der Waals surface area (Å²) < 4.78 is 0. The minimum Gasteiger partial charge on any atom is -0.480 e. The number of carbonyl (C=O) groups excluding carboxylic acids is 3. The van der Waals surface area contributed by atoms with E-state index in [1.807, 2.05) is 30.3 Å². The molecule has 4 atom stereocenters. The van der Waals surface area contributed by atoms with Crippen LogP contribution in [0.2, 0.25) is 0 Å². The van der Waals surface area contributed by atoms with Crippen molar-refractivity contribution in [2.24, 2.45) is 27.9 Å². The van der Waals surface area contributed by atoms with E-state index in [-0.39, 0.29) is 31.8 Å². The minimum atomic E-state index is -1.18. The summed E-state index contributed by atoms with van der Waals surface area (Å²) in [5.74, 6) is -3.10. The molecule has 0 heterocycles. The highest BCUT2D eigenvalue weighted by molar-refractivity contribution is 5.93. The first-order chi connectivity index (χ1) is 17.5. The molecule has 0 aliphatic rings. The second-order valence-electron chi connectivity index (χ2n) is 8.72. The van der Waals surface area contributed by atoms with E-state index < -0.39 is 47.9 Å². The number of carbonyl (C=O) groups is 4. The van der Waals surface area contributed by atoms with Gasteiger partial charge in [-0.05, 0) is 57.6 Å². The average Bonchev–Trinajstić information content (AvgIpc) is 2.85. The molecule has 0 saturated heterocycles. The largest absolute Gasteiger partial charge is 0.480 e. The smallest absolute Gasteiger partial charge is 0.326 e. The van der Waals surface area contributed by atoms with Crippen molar-refractivity contribution >= 4 is 29.7 Å². The first-order valence-corrected chi connectivity index (χ1v) is 12.2. The van der Waals surface area contributed by atoms with Crippen LogP contribution in [-0.2, 0) is 25.6 Å². The van der Waals surface area contributed by atoms with Gasteiger partial charge in [0.05, 0.1) is 6.04 Å². The van der Waals surface area contributed by atoms with Crippen molar-refractivity contribution < 1.29 is 24.3 Å². The zero-order valence-corrected chi connectivity index (χ0v) is 21.2. The monoisotopic (exact) mass is 520 g/mol. The molecule has 0 bridgehead atoms. The average molecular weight is 521 g/mol. The van der Waals surface area contributed by atoms with Crippen LogP contribution in [0.15, 0.2) is 35.3 Å². The molecule has 206 valence electrons. The topological polar surface area (TPSA) is 241 Å². The van der Waals surface area contributed by atoms with Crippen LogP contribution in [0.25, 0.3) is 0 Å². The van der Waals surface area contributed by atoms with Crippen LogP contribution in [0.1, 0.15) is 44.6 Å². The van der Waals surface area contributed by atoms with Gasteiger partial charge >= 0.3 is 5.97 Å². The number of hydrogen-bond donors (Lipinski definition) is 8. The Labute approximate surface area is 216 Å². The SMILES string of the molecule is CC(NC(=O)C(CCCN=C(N)N)NC(=O)C(N)Cc1ccccc1)C(=O)NC(CCCCN)C(=O)O. The van der Waals surface area contributed by atoms with Crippen LogP contribution in [0, 0.1) is 0 Å². The molecule has 0 aliphatic heterocycles. The van der Waals surface area contributed by atoms with Crippen molar-refractivity contribution in [3.63, 3.8) is 0 Å². The van der Waals surface area contributed by atoms with Gasteiger partial charge in [-0.1, -0.05) is 30.3 Å². The van der Waals surface area contributed by atoms with Crippen molar-refractivity contribution in [2.75, 3.05) is 13.1 Å². The fraction of sp³-hybridized carbons (Fsp3) is 0.542. The minimum absolute atomic E-state index is 0.0975. The van der Waals surface area contributed by atoms with Crippen LogP contribution in [0.4, 0.5) is 0 Å². The molecule has 3 amide bonds. The van der Waals surface area contributed by atoms with Crippen LogP contribution >= 0.6 is 0 Å². The normalized spacial score (nSPS) is 13.9. The summed E-state index contributed by atoms with van der Waals surface area (Å²) in [7, 11) is 0. The molecule has 0 radical (unpaired) electrons. The lowest BCUT2D eigenvalue weighted by Gasteiger charge is -2.23. The number of unbranched alkanes of at least 4 members (excludes halogenated alkanes) is 1. The summed E-state index contributed by atoms with van der Waals surface area (Å²) in [4.78, 5) is 53.6. The zero-order valence-electron chi connectivity index (χ0n) is 21.2. The number of amides is 3. The third kappa shape index (κ3) is 12.7. The second kappa shape index (κ2) is 16.9. The highest BCUT2D eigenvalue weighted by Crippen LogP contribution is 2.05. The molecule has 12 N–H and O–H groups in total. The number of nitrogens with zero attached hydrogens (tertiary/aromatic N) is 1. The van der Waals surface area contributed by atoms with Gasteiger partial charge in [0.15, 0.2) is 5.96 Å². The maximum Gasteiger partial charge on any atom is 0.326 e. The summed E-state index contributed by atoms with van der Waals surface area (Å²) in [6, 6.07) is 5.12. The quantitative estimate of drug-likeness (QED) is 0.0662. The van der Waals surface area contributed by atoms with E-state index in [0.717, 1.165) is 5.56 Å². The van der Waals surface area contributed by atoms with Crippen molar-refractivity contribution in [1.82, 2.24) is 16.0 Å². The first-order valence-electron chi connectivity index (χ1n) is 12.2. The molecule has 0 aromatic heterocycles.